The number of anilines is 1. The number of nitrogens with one attached hydrogen (secondary N) is 1. The van der Waals surface area contributed by atoms with E-state index >= 15 is 0 Å². The first-order chi connectivity index (χ1) is 14.7. The van der Waals surface area contributed by atoms with Crippen LogP contribution in [0.1, 0.15) is 50.5 Å². The van der Waals surface area contributed by atoms with Crippen LogP contribution in [0, 0.1) is 5.92 Å². The van der Waals surface area contributed by atoms with Gasteiger partial charge in [0.05, 0.1) is 0 Å². The lowest BCUT2D eigenvalue weighted by Gasteiger charge is -2.37. The summed E-state index contributed by atoms with van der Waals surface area (Å²) in [6.45, 7) is 12.8. The first-order valence-corrected chi connectivity index (χ1v) is 10.9. The van der Waals surface area contributed by atoms with Crippen LogP contribution in [0.15, 0.2) is 42.7 Å². The van der Waals surface area contributed by atoms with E-state index in [9.17, 15) is 9.59 Å². The fraction of sp³-hybridized carbons (Fsp3) is 0.500. The van der Waals surface area contributed by atoms with Crippen molar-refractivity contribution in [2.45, 2.75) is 46.1 Å². The molecule has 1 aromatic heterocycles. The van der Waals surface area contributed by atoms with E-state index < -0.39 is 6.04 Å². The van der Waals surface area contributed by atoms with Gasteiger partial charge in [-0.05, 0) is 35.1 Å². The zero-order chi connectivity index (χ0) is 22.6. The Hall–Kier alpha value is -2.96. The van der Waals surface area contributed by atoms with Gasteiger partial charge in [0, 0.05) is 44.1 Å². The topological polar surface area (TPSA) is 78.4 Å². The van der Waals surface area contributed by atoms with E-state index in [1.54, 1.807) is 18.5 Å². The smallest absolute Gasteiger partial charge is 0.251 e. The van der Waals surface area contributed by atoms with Gasteiger partial charge in [-0.15, -0.1) is 0 Å². The van der Waals surface area contributed by atoms with Gasteiger partial charge in [0.2, 0.25) is 11.9 Å². The van der Waals surface area contributed by atoms with Gasteiger partial charge in [0.25, 0.3) is 5.91 Å². The summed E-state index contributed by atoms with van der Waals surface area (Å²) < 4.78 is 0. The molecule has 2 amide bonds. The fourth-order valence-corrected chi connectivity index (χ4v) is 3.64. The average molecular weight is 424 g/mol. The van der Waals surface area contributed by atoms with Crippen molar-refractivity contribution in [3.63, 3.8) is 0 Å². The normalized spacial score (nSPS) is 15.7. The molecule has 1 fully saturated rings. The van der Waals surface area contributed by atoms with E-state index in [0.29, 0.717) is 37.7 Å². The van der Waals surface area contributed by atoms with Crippen molar-refractivity contribution in [2.24, 2.45) is 5.92 Å². The van der Waals surface area contributed by atoms with Crippen LogP contribution < -0.4 is 10.2 Å². The Labute approximate surface area is 184 Å². The molecule has 7 nitrogen and oxygen atoms in total. The minimum atomic E-state index is -0.561. The van der Waals surface area contributed by atoms with E-state index in [1.165, 1.54) is 5.56 Å². The molecule has 1 unspecified atom stereocenters. The molecule has 31 heavy (non-hydrogen) atoms. The van der Waals surface area contributed by atoms with Crippen LogP contribution in [-0.2, 0) is 10.2 Å². The van der Waals surface area contributed by atoms with Crippen molar-refractivity contribution < 1.29 is 9.59 Å². The summed E-state index contributed by atoms with van der Waals surface area (Å²) in [5.41, 5.74) is 1.76. The molecule has 0 aliphatic carbocycles. The number of benzene rings is 1. The van der Waals surface area contributed by atoms with Gasteiger partial charge in [-0.3, -0.25) is 9.59 Å². The predicted octanol–water partition coefficient (Wildman–Crippen LogP) is 2.88. The fourth-order valence-electron chi connectivity index (χ4n) is 3.64. The largest absolute Gasteiger partial charge is 0.340 e. The highest BCUT2D eigenvalue weighted by atomic mass is 16.2. The van der Waals surface area contributed by atoms with Crippen LogP contribution in [0.25, 0.3) is 0 Å². The monoisotopic (exact) mass is 423 g/mol. The van der Waals surface area contributed by atoms with Crippen molar-refractivity contribution in [1.29, 1.82) is 0 Å². The van der Waals surface area contributed by atoms with Crippen LogP contribution in [0.5, 0.6) is 0 Å². The molecule has 3 rings (SSSR count). The number of carbonyl (C=O) groups is 2. The van der Waals surface area contributed by atoms with Gasteiger partial charge in [-0.1, -0.05) is 46.8 Å². The van der Waals surface area contributed by atoms with Crippen molar-refractivity contribution >= 4 is 17.8 Å². The molecule has 0 bridgehead atoms. The minimum absolute atomic E-state index is 0.0132. The van der Waals surface area contributed by atoms with E-state index in [0.717, 1.165) is 0 Å². The Kier molecular flexibility index (Phi) is 6.93. The molecule has 0 spiro atoms. The van der Waals surface area contributed by atoms with Gasteiger partial charge >= 0.3 is 0 Å². The number of piperazine rings is 1. The first-order valence-electron chi connectivity index (χ1n) is 10.9. The van der Waals surface area contributed by atoms with Crippen molar-refractivity contribution in [3.8, 4) is 0 Å². The van der Waals surface area contributed by atoms with Crippen molar-refractivity contribution in [2.75, 3.05) is 31.1 Å². The van der Waals surface area contributed by atoms with E-state index in [2.05, 4.69) is 41.0 Å². The maximum absolute atomic E-state index is 13.2. The third kappa shape index (κ3) is 5.60. The van der Waals surface area contributed by atoms with Crippen molar-refractivity contribution in [1.82, 2.24) is 20.2 Å². The number of carbonyl (C=O) groups excluding carboxylic acids is 2. The van der Waals surface area contributed by atoms with Crippen LogP contribution in [-0.4, -0.2) is 58.9 Å². The molecule has 1 saturated heterocycles. The summed E-state index contributed by atoms with van der Waals surface area (Å²) in [7, 11) is 0. The molecule has 0 radical (unpaired) electrons. The minimum Gasteiger partial charge on any atom is -0.340 e. The molecule has 1 atom stereocenters. The number of hydrogen-bond donors (Lipinski definition) is 1. The summed E-state index contributed by atoms with van der Waals surface area (Å²) in [5.74, 6) is 0.412. The molecule has 7 heteroatoms. The second-order valence-corrected chi connectivity index (χ2v) is 9.38. The lowest BCUT2D eigenvalue weighted by atomic mass is 9.86. The molecule has 2 aromatic rings. The molecule has 2 heterocycles. The Balaban J connectivity index is 1.62. The maximum atomic E-state index is 13.2. The molecule has 1 aliphatic heterocycles. The quantitative estimate of drug-likeness (QED) is 0.800. The molecule has 1 aromatic carbocycles. The predicted molar refractivity (Wildman–Crippen MR) is 122 cm³/mol. The molecule has 0 saturated carbocycles. The maximum Gasteiger partial charge on any atom is 0.251 e. The van der Waals surface area contributed by atoms with Gasteiger partial charge in [-0.25, -0.2) is 9.97 Å². The summed E-state index contributed by atoms with van der Waals surface area (Å²) in [6, 6.07) is 8.84. The highest BCUT2D eigenvalue weighted by molar-refractivity contribution is 5.97. The number of hydrogen-bond acceptors (Lipinski definition) is 5. The number of nitrogens with zero attached hydrogens (tertiary/aromatic N) is 4. The Morgan fingerprint density at radius 2 is 1.55 bits per heavy atom. The van der Waals surface area contributed by atoms with Gasteiger partial charge in [-0.2, -0.15) is 0 Å². The lowest BCUT2D eigenvalue weighted by molar-refractivity contribution is -0.134. The standard InChI is InChI=1S/C24H33N5O2/c1-17(2)20(27-21(30)18-7-9-19(10-8-18)24(3,4)5)22(31)28-13-15-29(16-14-28)23-25-11-6-12-26-23/h6-12,17,20H,13-16H2,1-5H3,(H,27,30). The van der Waals surface area contributed by atoms with E-state index in [4.69, 9.17) is 0 Å². The third-order valence-electron chi connectivity index (χ3n) is 5.66. The van der Waals surface area contributed by atoms with Gasteiger partial charge < -0.3 is 15.1 Å². The molecule has 1 N–H and O–H groups in total. The number of rotatable bonds is 5. The SMILES string of the molecule is CC(C)C(NC(=O)c1ccc(C(C)(C)C)cc1)C(=O)N1CCN(c2ncccn2)CC1. The second kappa shape index (κ2) is 9.45. The zero-order valence-electron chi connectivity index (χ0n) is 19.1. The van der Waals surface area contributed by atoms with Crippen LogP contribution in [0.3, 0.4) is 0 Å². The Morgan fingerprint density at radius 3 is 2.06 bits per heavy atom. The summed E-state index contributed by atoms with van der Waals surface area (Å²) in [5, 5.41) is 2.96. The van der Waals surface area contributed by atoms with Crippen LogP contribution in [0.2, 0.25) is 0 Å². The molecule has 1 aliphatic rings. The third-order valence-corrected chi connectivity index (χ3v) is 5.66. The highest BCUT2D eigenvalue weighted by Gasteiger charge is 2.31. The molecular formula is C24H33N5O2. The summed E-state index contributed by atoms with van der Waals surface area (Å²) in [4.78, 5) is 38.5. The summed E-state index contributed by atoms with van der Waals surface area (Å²) in [6.07, 6.45) is 3.44. The average Bonchev–Trinajstić information content (AvgIpc) is 2.77. The van der Waals surface area contributed by atoms with E-state index in [1.807, 2.05) is 43.0 Å². The van der Waals surface area contributed by atoms with Crippen LogP contribution in [0.4, 0.5) is 5.95 Å². The van der Waals surface area contributed by atoms with E-state index in [-0.39, 0.29) is 23.1 Å². The lowest BCUT2D eigenvalue weighted by Crippen LogP contribution is -2.56. The van der Waals surface area contributed by atoms with Crippen LogP contribution >= 0.6 is 0 Å². The molecule has 166 valence electrons. The Bertz CT molecular complexity index is 882. The van der Waals surface area contributed by atoms with Gasteiger partial charge in [0.1, 0.15) is 6.04 Å². The Morgan fingerprint density at radius 1 is 0.968 bits per heavy atom. The van der Waals surface area contributed by atoms with Gasteiger partial charge in [0.15, 0.2) is 0 Å². The molecular weight excluding hydrogens is 390 g/mol. The number of amides is 2. The first kappa shape index (κ1) is 22.7. The number of aromatic nitrogens is 2. The highest BCUT2D eigenvalue weighted by Crippen LogP contribution is 2.22. The summed E-state index contributed by atoms with van der Waals surface area (Å²) >= 11 is 0. The van der Waals surface area contributed by atoms with Crippen molar-refractivity contribution in [3.05, 3.63) is 53.9 Å². The second-order valence-electron chi connectivity index (χ2n) is 9.38. The zero-order valence-corrected chi connectivity index (χ0v) is 19.1.